The molecule has 0 unspecified atom stereocenters. The summed E-state index contributed by atoms with van der Waals surface area (Å²) in [4.78, 5) is 0. The topological polar surface area (TPSA) is 23.5 Å². The molecule has 1 N–H and O–H groups in total. The van der Waals surface area contributed by atoms with Crippen molar-refractivity contribution < 1.29 is 5.11 Å². The van der Waals surface area contributed by atoms with Crippen molar-refractivity contribution in [2.75, 3.05) is 0 Å². The van der Waals surface area contributed by atoms with E-state index in [0.717, 1.165) is 11.1 Å². The lowest BCUT2D eigenvalue weighted by Gasteiger charge is -2.18. The van der Waals surface area contributed by atoms with E-state index >= 15 is 0 Å². The number of benzene rings is 1. The fraction of sp³-hybridized carbons (Fsp3) is 0.111. The molecule has 2 rings (SSSR count). The second kappa shape index (κ2) is 2.72. The molecule has 1 aromatic rings. The van der Waals surface area contributed by atoms with Crippen molar-refractivity contribution in [2.24, 2.45) is 0 Å². The number of hydrogen-bond donors (Lipinski definition) is 1. The fourth-order valence-corrected chi connectivity index (χ4v) is 1.49. The molecule has 1 aromatic carbocycles. The van der Waals surface area contributed by atoms with Crippen molar-refractivity contribution in [1.29, 1.82) is 0 Å². The zero-order valence-electron chi connectivity index (χ0n) is 6.37. The standard InChI is InChI=1S/C9H8ClNO/c10-11-5-4-8-7(6-11)2-1-3-9(8)12/h1-5,12H,6H2. The van der Waals surface area contributed by atoms with Gasteiger partial charge in [-0.1, -0.05) is 12.1 Å². The monoisotopic (exact) mass is 181 g/mol. The minimum absolute atomic E-state index is 0.313. The van der Waals surface area contributed by atoms with Crippen LogP contribution in [0.25, 0.3) is 6.08 Å². The normalized spacial score (nSPS) is 14.6. The summed E-state index contributed by atoms with van der Waals surface area (Å²) >= 11 is 5.76. The number of phenolic OH excluding ortho intramolecular Hbond substituents is 1. The Kier molecular flexibility index (Phi) is 1.70. The lowest BCUT2D eigenvalue weighted by Crippen LogP contribution is -2.08. The Labute approximate surface area is 75.8 Å². The third-order valence-corrected chi connectivity index (χ3v) is 2.13. The van der Waals surface area contributed by atoms with Gasteiger partial charge < -0.3 is 5.11 Å². The van der Waals surface area contributed by atoms with Gasteiger partial charge in [-0.15, -0.1) is 0 Å². The van der Waals surface area contributed by atoms with Crippen molar-refractivity contribution in [3.63, 3.8) is 0 Å². The first kappa shape index (κ1) is 7.50. The molecular weight excluding hydrogens is 174 g/mol. The van der Waals surface area contributed by atoms with Crippen LogP contribution in [-0.2, 0) is 6.54 Å². The summed E-state index contributed by atoms with van der Waals surface area (Å²) in [5, 5.41) is 9.43. The van der Waals surface area contributed by atoms with Crippen molar-refractivity contribution >= 4 is 17.9 Å². The van der Waals surface area contributed by atoms with Crippen LogP contribution in [0.5, 0.6) is 5.75 Å². The molecule has 1 heterocycles. The Morgan fingerprint density at radius 3 is 3.08 bits per heavy atom. The van der Waals surface area contributed by atoms with Gasteiger partial charge in [-0.2, -0.15) is 0 Å². The zero-order chi connectivity index (χ0) is 8.55. The minimum Gasteiger partial charge on any atom is -0.507 e. The van der Waals surface area contributed by atoms with Gasteiger partial charge in [0.05, 0.1) is 6.54 Å². The van der Waals surface area contributed by atoms with Crippen LogP contribution in [0.15, 0.2) is 24.4 Å². The number of hydrogen-bond acceptors (Lipinski definition) is 2. The predicted molar refractivity (Wildman–Crippen MR) is 48.5 cm³/mol. The van der Waals surface area contributed by atoms with Gasteiger partial charge in [-0.3, -0.25) is 4.42 Å². The highest BCUT2D eigenvalue weighted by atomic mass is 35.5. The van der Waals surface area contributed by atoms with Crippen molar-refractivity contribution in [2.45, 2.75) is 6.54 Å². The third-order valence-electron chi connectivity index (χ3n) is 1.90. The lowest BCUT2D eigenvalue weighted by atomic mass is 10.0. The first-order valence-corrected chi connectivity index (χ1v) is 4.02. The molecule has 0 spiro atoms. The molecule has 2 nitrogen and oxygen atoms in total. The van der Waals surface area contributed by atoms with Crippen molar-refractivity contribution in [1.82, 2.24) is 4.42 Å². The van der Waals surface area contributed by atoms with Gasteiger partial charge in [0.15, 0.2) is 0 Å². The van der Waals surface area contributed by atoms with Gasteiger partial charge >= 0.3 is 0 Å². The van der Waals surface area contributed by atoms with Crippen LogP contribution in [0, 0.1) is 0 Å². The molecule has 0 fully saturated rings. The SMILES string of the molecule is Oc1cccc2c1C=CN(Cl)C2. The average Bonchev–Trinajstić information content (AvgIpc) is 2.04. The summed E-state index contributed by atoms with van der Waals surface area (Å²) in [6, 6.07) is 5.44. The Morgan fingerprint density at radius 2 is 2.25 bits per heavy atom. The molecule has 0 saturated heterocycles. The first-order valence-electron chi connectivity index (χ1n) is 3.69. The molecule has 0 aliphatic carbocycles. The van der Waals surface area contributed by atoms with Crippen LogP contribution in [-0.4, -0.2) is 9.53 Å². The quantitative estimate of drug-likeness (QED) is 0.621. The first-order chi connectivity index (χ1) is 5.77. The van der Waals surface area contributed by atoms with Gasteiger partial charge in [0.25, 0.3) is 0 Å². The number of nitrogens with zero attached hydrogens (tertiary/aromatic N) is 1. The Bertz CT molecular complexity index is 335. The highest BCUT2D eigenvalue weighted by molar-refractivity contribution is 6.14. The van der Waals surface area contributed by atoms with Gasteiger partial charge in [0.2, 0.25) is 0 Å². The summed E-state index contributed by atoms with van der Waals surface area (Å²) in [5.41, 5.74) is 1.92. The van der Waals surface area contributed by atoms with E-state index < -0.39 is 0 Å². The summed E-state index contributed by atoms with van der Waals surface area (Å²) < 4.78 is 1.56. The minimum atomic E-state index is 0.313. The second-order valence-electron chi connectivity index (χ2n) is 2.72. The van der Waals surface area contributed by atoms with Gasteiger partial charge in [0, 0.05) is 23.5 Å². The lowest BCUT2D eigenvalue weighted by molar-refractivity contribution is 0.470. The van der Waals surface area contributed by atoms with Crippen LogP contribution < -0.4 is 0 Å². The molecule has 62 valence electrons. The van der Waals surface area contributed by atoms with Crippen LogP contribution in [0.2, 0.25) is 0 Å². The van der Waals surface area contributed by atoms with Crippen molar-refractivity contribution in [3.8, 4) is 5.75 Å². The average molecular weight is 182 g/mol. The number of phenols is 1. The van der Waals surface area contributed by atoms with E-state index in [2.05, 4.69) is 0 Å². The van der Waals surface area contributed by atoms with E-state index in [0.29, 0.717) is 12.3 Å². The smallest absolute Gasteiger partial charge is 0.123 e. The molecule has 12 heavy (non-hydrogen) atoms. The van der Waals surface area contributed by atoms with Crippen LogP contribution in [0.1, 0.15) is 11.1 Å². The van der Waals surface area contributed by atoms with Gasteiger partial charge in [-0.05, 0) is 17.7 Å². The molecule has 0 amide bonds. The van der Waals surface area contributed by atoms with Crippen LogP contribution in [0.4, 0.5) is 0 Å². The van der Waals surface area contributed by atoms with Crippen LogP contribution in [0.3, 0.4) is 0 Å². The number of rotatable bonds is 0. The molecule has 1 aliphatic rings. The van der Waals surface area contributed by atoms with E-state index in [9.17, 15) is 5.11 Å². The number of aromatic hydroxyl groups is 1. The second-order valence-corrected chi connectivity index (χ2v) is 3.16. The van der Waals surface area contributed by atoms with E-state index in [4.69, 9.17) is 11.8 Å². The van der Waals surface area contributed by atoms with Crippen molar-refractivity contribution in [3.05, 3.63) is 35.5 Å². The van der Waals surface area contributed by atoms with E-state index in [-0.39, 0.29) is 0 Å². The van der Waals surface area contributed by atoms with Gasteiger partial charge in [-0.25, -0.2) is 0 Å². The number of halogens is 1. The van der Waals surface area contributed by atoms with E-state index in [1.54, 1.807) is 22.8 Å². The molecule has 0 bridgehead atoms. The fourth-order valence-electron chi connectivity index (χ4n) is 1.30. The number of fused-ring (bicyclic) bond motifs is 1. The molecule has 0 atom stereocenters. The Morgan fingerprint density at radius 1 is 1.42 bits per heavy atom. The molecule has 1 aliphatic heterocycles. The maximum atomic E-state index is 9.43. The van der Waals surface area contributed by atoms with E-state index in [1.165, 1.54) is 0 Å². The zero-order valence-corrected chi connectivity index (χ0v) is 7.12. The third kappa shape index (κ3) is 1.14. The van der Waals surface area contributed by atoms with E-state index in [1.807, 2.05) is 12.1 Å². The summed E-state index contributed by atoms with van der Waals surface area (Å²) in [7, 11) is 0. The highest BCUT2D eigenvalue weighted by Crippen LogP contribution is 2.27. The molecular formula is C9H8ClNO. The highest BCUT2D eigenvalue weighted by Gasteiger charge is 2.10. The summed E-state index contributed by atoms with van der Waals surface area (Å²) in [6.07, 6.45) is 3.55. The maximum absolute atomic E-state index is 9.43. The maximum Gasteiger partial charge on any atom is 0.123 e. The largest absolute Gasteiger partial charge is 0.507 e. The predicted octanol–water partition coefficient (Wildman–Crippen LogP) is 2.33. The molecule has 3 heteroatoms. The molecule has 0 aromatic heterocycles. The van der Waals surface area contributed by atoms with Gasteiger partial charge in [0.1, 0.15) is 5.75 Å². The molecule has 0 saturated carbocycles. The molecule has 0 radical (unpaired) electrons. The summed E-state index contributed by atoms with van der Waals surface area (Å²) in [6.45, 7) is 0.641. The Balaban J connectivity index is 2.53. The Hall–Kier alpha value is -1.15. The van der Waals surface area contributed by atoms with Crippen LogP contribution >= 0.6 is 11.8 Å². The summed E-state index contributed by atoms with van der Waals surface area (Å²) in [5.74, 6) is 0.313.